The number of nitrogens with zero attached hydrogens (tertiary/aromatic N) is 3. The molecule has 21 heavy (non-hydrogen) atoms. The minimum atomic E-state index is -0.0658. The quantitative estimate of drug-likeness (QED) is 0.903. The molecule has 0 aromatic carbocycles. The highest BCUT2D eigenvalue weighted by Crippen LogP contribution is 2.16. The average molecular weight is 290 g/mol. The highest BCUT2D eigenvalue weighted by molar-refractivity contribution is 5.95. The van der Waals surface area contributed by atoms with Crippen molar-refractivity contribution < 1.29 is 4.79 Å². The summed E-state index contributed by atoms with van der Waals surface area (Å²) in [5, 5.41) is 3.00. The van der Waals surface area contributed by atoms with E-state index in [9.17, 15) is 4.79 Å². The lowest BCUT2D eigenvalue weighted by Gasteiger charge is -2.33. The molecule has 1 aromatic rings. The second kappa shape index (κ2) is 7.50. The zero-order valence-electron chi connectivity index (χ0n) is 13.3. The maximum Gasteiger partial charge on any atom is 0.254 e. The lowest BCUT2D eigenvalue weighted by Crippen LogP contribution is -2.42. The molecule has 1 aliphatic rings. The molecule has 1 aromatic heterocycles. The molecule has 0 unspecified atom stereocenters. The number of rotatable bonds is 5. The van der Waals surface area contributed by atoms with Gasteiger partial charge in [-0.3, -0.25) is 9.69 Å². The summed E-state index contributed by atoms with van der Waals surface area (Å²) in [6.07, 6.45) is 6.96. The Hall–Kier alpha value is -1.49. The minimum Gasteiger partial charge on any atom is -0.351 e. The van der Waals surface area contributed by atoms with Crippen molar-refractivity contribution in [2.45, 2.75) is 52.0 Å². The molecular formula is C16H26N4O. The third-order valence-corrected chi connectivity index (χ3v) is 4.16. The standard InChI is InChI=1S/C16H26N4O/c1-12(2)15-14(10-17-11-19-15)16(21)18-7-9-20-8-5-4-6-13(20)3/h10-13H,4-9H2,1-3H3,(H,18,21)/t13-/m1/s1. The monoisotopic (exact) mass is 290 g/mol. The van der Waals surface area contributed by atoms with Gasteiger partial charge in [-0.2, -0.15) is 0 Å². The molecule has 1 aliphatic heterocycles. The van der Waals surface area contributed by atoms with Gasteiger partial charge in [-0.15, -0.1) is 0 Å². The number of hydrogen-bond acceptors (Lipinski definition) is 4. The molecule has 1 saturated heterocycles. The maximum atomic E-state index is 12.3. The molecule has 1 fully saturated rings. The Morgan fingerprint density at radius 3 is 3.00 bits per heavy atom. The van der Waals surface area contributed by atoms with Crippen LogP contribution in [0.25, 0.3) is 0 Å². The molecule has 0 spiro atoms. The van der Waals surface area contributed by atoms with Crippen molar-refractivity contribution in [2.75, 3.05) is 19.6 Å². The Labute approximate surface area is 127 Å². The van der Waals surface area contributed by atoms with Gasteiger partial charge in [0.2, 0.25) is 0 Å². The number of nitrogens with one attached hydrogen (secondary N) is 1. The van der Waals surface area contributed by atoms with Crippen LogP contribution in [0, 0.1) is 0 Å². The smallest absolute Gasteiger partial charge is 0.254 e. The molecule has 0 radical (unpaired) electrons. The van der Waals surface area contributed by atoms with Gasteiger partial charge in [0.15, 0.2) is 0 Å². The van der Waals surface area contributed by atoms with Crippen molar-refractivity contribution in [3.8, 4) is 0 Å². The second-order valence-electron chi connectivity index (χ2n) is 6.11. The predicted octanol–water partition coefficient (Wildman–Crippen LogP) is 2.20. The Morgan fingerprint density at radius 2 is 2.29 bits per heavy atom. The maximum absolute atomic E-state index is 12.3. The lowest BCUT2D eigenvalue weighted by atomic mass is 10.0. The Morgan fingerprint density at radius 1 is 1.48 bits per heavy atom. The van der Waals surface area contributed by atoms with Crippen LogP contribution in [0.2, 0.25) is 0 Å². The van der Waals surface area contributed by atoms with E-state index >= 15 is 0 Å². The number of amides is 1. The van der Waals surface area contributed by atoms with Crippen LogP contribution >= 0.6 is 0 Å². The van der Waals surface area contributed by atoms with Gasteiger partial charge >= 0.3 is 0 Å². The van der Waals surface area contributed by atoms with Gasteiger partial charge < -0.3 is 5.32 Å². The first-order valence-electron chi connectivity index (χ1n) is 7.91. The Balaban J connectivity index is 1.87. The van der Waals surface area contributed by atoms with Crippen molar-refractivity contribution in [1.82, 2.24) is 20.2 Å². The van der Waals surface area contributed by atoms with Crippen LogP contribution in [0.1, 0.15) is 62.0 Å². The lowest BCUT2D eigenvalue weighted by molar-refractivity contribution is 0.0936. The summed E-state index contributed by atoms with van der Waals surface area (Å²) < 4.78 is 0. The van der Waals surface area contributed by atoms with E-state index in [2.05, 4.69) is 27.1 Å². The first-order chi connectivity index (χ1) is 10.1. The molecule has 1 atom stereocenters. The summed E-state index contributed by atoms with van der Waals surface area (Å²) >= 11 is 0. The summed E-state index contributed by atoms with van der Waals surface area (Å²) in [5.74, 6) is 0.153. The first-order valence-corrected chi connectivity index (χ1v) is 7.91. The molecule has 0 aliphatic carbocycles. The van der Waals surface area contributed by atoms with Gasteiger partial charge in [0.25, 0.3) is 5.91 Å². The van der Waals surface area contributed by atoms with E-state index in [1.807, 2.05) is 13.8 Å². The summed E-state index contributed by atoms with van der Waals surface area (Å²) in [6.45, 7) is 9.07. The first kappa shape index (κ1) is 15.9. The number of likely N-dealkylation sites (tertiary alicyclic amines) is 1. The van der Waals surface area contributed by atoms with E-state index in [0.717, 1.165) is 18.8 Å². The van der Waals surface area contributed by atoms with Crippen LogP contribution in [-0.2, 0) is 0 Å². The highest BCUT2D eigenvalue weighted by atomic mass is 16.1. The predicted molar refractivity (Wildman–Crippen MR) is 83.3 cm³/mol. The van der Waals surface area contributed by atoms with Crippen LogP contribution in [-0.4, -0.2) is 46.5 Å². The molecule has 0 bridgehead atoms. The third kappa shape index (κ3) is 4.24. The van der Waals surface area contributed by atoms with Crippen LogP contribution in [0.4, 0.5) is 0 Å². The van der Waals surface area contributed by atoms with Crippen molar-refractivity contribution >= 4 is 5.91 Å². The van der Waals surface area contributed by atoms with E-state index < -0.39 is 0 Å². The van der Waals surface area contributed by atoms with Gasteiger partial charge in [0.05, 0.1) is 11.3 Å². The van der Waals surface area contributed by atoms with Crippen LogP contribution in [0.3, 0.4) is 0 Å². The van der Waals surface area contributed by atoms with E-state index in [0.29, 0.717) is 18.2 Å². The van der Waals surface area contributed by atoms with Crippen LogP contribution in [0.5, 0.6) is 0 Å². The highest BCUT2D eigenvalue weighted by Gasteiger charge is 2.19. The van der Waals surface area contributed by atoms with Gasteiger partial charge in [0.1, 0.15) is 6.33 Å². The molecule has 116 valence electrons. The number of piperidine rings is 1. The van der Waals surface area contributed by atoms with Gasteiger partial charge in [0, 0.05) is 25.3 Å². The van der Waals surface area contributed by atoms with E-state index in [-0.39, 0.29) is 11.8 Å². The summed E-state index contributed by atoms with van der Waals surface area (Å²) in [6, 6.07) is 0.627. The van der Waals surface area contributed by atoms with Crippen molar-refractivity contribution in [3.05, 3.63) is 23.8 Å². The summed E-state index contributed by atoms with van der Waals surface area (Å²) in [7, 11) is 0. The molecule has 1 N–H and O–H groups in total. The van der Waals surface area contributed by atoms with Crippen LogP contribution in [0.15, 0.2) is 12.5 Å². The van der Waals surface area contributed by atoms with Gasteiger partial charge in [-0.25, -0.2) is 9.97 Å². The molecule has 1 amide bonds. The van der Waals surface area contributed by atoms with Gasteiger partial charge in [-0.1, -0.05) is 20.3 Å². The topological polar surface area (TPSA) is 58.1 Å². The molecule has 0 saturated carbocycles. The van der Waals surface area contributed by atoms with Crippen LogP contribution < -0.4 is 5.32 Å². The number of carbonyl (C=O) groups is 1. The Bertz CT molecular complexity index is 475. The summed E-state index contributed by atoms with van der Waals surface area (Å²) in [5.41, 5.74) is 1.41. The fraction of sp³-hybridized carbons (Fsp3) is 0.688. The average Bonchev–Trinajstić information content (AvgIpc) is 2.49. The fourth-order valence-electron chi connectivity index (χ4n) is 2.87. The largest absolute Gasteiger partial charge is 0.351 e. The molecular weight excluding hydrogens is 264 g/mol. The van der Waals surface area contributed by atoms with E-state index in [1.165, 1.54) is 25.6 Å². The van der Waals surface area contributed by atoms with Gasteiger partial charge in [-0.05, 0) is 32.2 Å². The fourth-order valence-corrected chi connectivity index (χ4v) is 2.87. The number of hydrogen-bond donors (Lipinski definition) is 1. The SMILES string of the molecule is CC(C)c1ncncc1C(=O)NCCN1CCCC[C@H]1C. The van der Waals surface area contributed by atoms with Crippen molar-refractivity contribution in [3.63, 3.8) is 0 Å². The van der Waals surface area contributed by atoms with E-state index in [1.54, 1.807) is 6.20 Å². The summed E-state index contributed by atoms with van der Waals surface area (Å²) in [4.78, 5) is 22.9. The second-order valence-corrected chi connectivity index (χ2v) is 6.11. The van der Waals surface area contributed by atoms with Crippen molar-refractivity contribution in [1.29, 1.82) is 0 Å². The van der Waals surface area contributed by atoms with Crippen molar-refractivity contribution in [2.24, 2.45) is 0 Å². The zero-order chi connectivity index (χ0) is 15.2. The zero-order valence-corrected chi connectivity index (χ0v) is 13.3. The molecule has 2 heterocycles. The Kier molecular flexibility index (Phi) is 5.67. The molecule has 2 rings (SSSR count). The molecule has 5 nitrogen and oxygen atoms in total. The minimum absolute atomic E-state index is 0.0658. The van der Waals surface area contributed by atoms with E-state index in [4.69, 9.17) is 0 Å². The third-order valence-electron chi connectivity index (χ3n) is 4.16. The number of carbonyl (C=O) groups excluding carboxylic acids is 1. The normalized spacial score (nSPS) is 19.7. The molecule has 5 heteroatoms. The number of aromatic nitrogens is 2.